The van der Waals surface area contributed by atoms with Crippen LogP contribution in [0.15, 0.2) is 73.1 Å². The molecule has 0 saturated heterocycles. The Morgan fingerprint density at radius 3 is 2.66 bits per heavy atom. The van der Waals surface area contributed by atoms with E-state index in [4.69, 9.17) is 21.1 Å². The van der Waals surface area contributed by atoms with E-state index < -0.39 is 0 Å². The van der Waals surface area contributed by atoms with Crippen molar-refractivity contribution in [1.29, 1.82) is 0 Å². The minimum atomic E-state index is -0.0583. The molecular weight excluding hydrogens is 384 g/mol. The van der Waals surface area contributed by atoms with E-state index in [9.17, 15) is 0 Å². The van der Waals surface area contributed by atoms with Crippen LogP contribution in [-0.4, -0.2) is 11.8 Å². The molecule has 1 N–H and O–H groups in total. The number of hydrogen-bond donors (Lipinski definition) is 1. The third kappa shape index (κ3) is 3.45. The molecule has 2 heterocycles. The highest BCUT2D eigenvalue weighted by molar-refractivity contribution is 6.31. The quantitative estimate of drug-likeness (QED) is 0.571. The van der Waals surface area contributed by atoms with Crippen LogP contribution in [0.25, 0.3) is 0 Å². The molecule has 1 saturated carbocycles. The van der Waals surface area contributed by atoms with Crippen LogP contribution >= 0.6 is 11.6 Å². The van der Waals surface area contributed by atoms with Crippen molar-refractivity contribution >= 4 is 17.3 Å². The number of fused-ring (bicyclic) bond motifs is 1. The van der Waals surface area contributed by atoms with Gasteiger partial charge in [-0.3, -0.25) is 4.98 Å². The number of halogens is 1. The minimum absolute atomic E-state index is 0.0583. The summed E-state index contributed by atoms with van der Waals surface area (Å²) in [6, 6.07) is 18.1. The molecule has 0 spiro atoms. The number of aromatic nitrogens is 1. The van der Waals surface area contributed by atoms with Crippen molar-refractivity contribution < 1.29 is 9.47 Å². The van der Waals surface area contributed by atoms with Crippen molar-refractivity contribution in [1.82, 2.24) is 4.98 Å². The van der Waals surface area contributed by atoms with Crippen molar-refractivity contribution in [2.24, 2.45) is 0 Å². The first-order valence-corrected chi connectivity index (χ1v) is 10.1. The van der Waals surface area contributed by atoms with Gasteiger partial charge in [-0.25, -0.2) is 0 Å². The van der Waals surface area contributed by atoms with E-state index >= 15 is 0 Å². The molecule has 29 heavy (non-hydrogen) atoms. The second kappa shape index (κ2) is 7.12. The number of nitrogens with zero attached hydrogens (tertiary/aromatic N) is 1. The molecule has 0 radical (unpaired) electrons. The first-order chi connectivity index (χ1) is 14.1. The lowest BCUT2D eigenvalue weighted by Gasteiger charge is -2.21. The summed E-state index contributed by atoms with van der Waals surface area (Å²) in [6.45, 7) is 4.62. The lowest BCUT2D eigenvalue weighted by molar-refractivity contribution is 0.174. The average Bonchev–Trinajstić information content (AvgIpc) is 3.42. The molecule has 5 heteroatoms. The van der Waals surface area contributed by atoms with E-state index in [1.807, 2.05) is 48.7 Å². The van der Waals surface area contributed by atoms with Gasteiger partial charge in [-0.05, 0) is 54.3 Å². The van der Waals surface area contributed by atoms with Crippen LogP contribution in [0.5, 0.6) is 11.5 Å². The van der Waals surface area contributed by atoms with Crippen LogP contribution in [0, 0.1) is 0 Å². The molecule has 4 nitrogen and oxygen atoms in total. The molecule has 2 aromatic carbocycles. The normalized spacial score (nSPS) is 15.8. The highest BCUT2D eigenvalue weighted by Gasteiger charge is 2.47. The number of benzene rings is 2. The smallest absolute Gasteiger partial charge is 0.231 e. The van der Waals surface area contributed by atoms with Gasteiger partial charge in [0, 0.05) is 28.2 Å². The molecule has 3 aromatic rings. The number of ether oxygens (including phenoxy) is 2. The molecule has 1 fully saturated rings. The van der Waals surface area contributed by atoms with E-state index in [-0.39, 0.29) is 12.2 Å². The molecular formula is C24H21ClN2O2. The number of nitrogens with one attached hydrogen (secondary N) is 1. The summed E-state index contributed by atoms with van der Waals surface area (Å²) in [4.78, 5) is 4.59. The van der Waals surface area contributed by atoms with Gasteiger partial charge in [0.2, 0.25) is 6.79 Å². The molecule has 5 rings (SSSR count). The molecule has 0 bridgehead atoms. The lowest BCUT2D eigenvalue weighted by atomic mass is 9.92. The van der Waals surface area contributed by atoms with Gasteiger partial charge in [0.05, 0.1) is 11.9 Å². The fourth-order valence-corrected chi connectivity index (χ4v) is 4.02. The fraction of sp³-hybridized carbons (Fsp3) is 0.208. The Labute approximate surface area is 175 Å². The Kier molecular flexibility index (Phi) is 4.44. The zero-order valence-corrected chi connectivity index (χ0v) is 16.7. The third-order valence-electron chi connectivity index (χ3n) is 5.70. The molecule has 1 aliphatic heterocycles. The van der Waals surface area contributed by atoms with Crippen molar-refractivity contribution in [3.05, 3.63) is 94.9 Å². The van der Waals surface area contributed by atoms with Crippen LogP contribution in [0.4, 0.5) is 5.69 Å². The zero-order valence-electron chi connectivity index (χ0n) is 16.0. The zero-order chi connectivity index (χ0) is 19.8. The van der Waals surface area contributed by atoms with E-state index in [1.165, 1.54) is 5.56 Å². The predicted octanol–water partition coefficient (Wildman–Crippen LogP) is 5.71. The van der Waals surface area contributed by atoms with E-state index in [0.29, 0.717) is 6.42 Å². The van der Waals surface area contributed by atoms with Crippen molar-refractivity contribution in [2.75, 3.05) is 12.1 Å². The average molecular weight is 405 g/mol. The van der Waals surface area contributed by atoms with E-state index in [1.54, 1.807) is 0 Å². The van der Waals surface area contributed by atoms with Crippen LogP contribution in [0.1, 0.15) is 29.7 Å². The van der Waals surface area contributed by atoms with Crippen LogP contribution < -0.4 is 14.8 Å². The van der Waals surface area contributed by atoms with Gasteiger partial charge in [-0.15, -0.1) is 0 Å². The van der Waals surface area contributed by atoms with Gasteiger partial charge in [0.15, 0.2) is 11.5 Å². The van der Waals surface area contributed by atoms with Crippen LogP contribution in [0.3, 0.4) is 0 Å². The number of allylic oxidation sites excluding steroid dienone is 1. The lowest BCUT2D eigenvalue weighted by Crippen LogP contribution is -2.16. The Bertz CT molecular complexity index is 1070. The summed E-state index contributed by atoms with van der Waals surface area (Å²) in [6.07, 6.45) is 4.70. The van der Waals surface area contributed by atoms with Gasteiger partial charge in [0.1, 0.15) is 0 Å². The number of hydrogen-bond acceptors (Lipinski definition) is 4. The molecule has 146 valence electrons. The van der Waals surface area contributed by atoms with E-state index in [2.05, 4.69) is 29.0 Å². The molecule has 0 amide bonds. The Morgan fingerprint density at radius 2 is 1.90 bits per heavy atom. The Hall–Kier alpha value is -2.98. The second-order valence-corrected chi connectivity index (χ2v) is 7.97. The van der Waals surface area contributed by atoms with E-state index in [0.717, 1.165) is 52.0 Å². The third-order valence-corrected chi connectivity index (χ3v) is 6.07. The summed E-state index contributed by atoms with van der Waals surface area (Å²) in [5.74, 6) is 1.62. The summed E-state index contributed by atoms with van der Waals surface area (Å²) in [5, 5.41) is 4.23. The topological polar surface area (TPSA) is 43.4 Å². The highest BCUT2D eigenvalue weighted by atomic mass is 35.5. The highest BCUT2D eigenvalue weighted by Crippen LogP contribution is 2.54. The molecule has 1 aromatic heterocycles. The van der Waals surface area contributed by atoms with Crippen molar-refractivity contribution in [3.63, 3.8) is 0 Å². The number of anilines is 1. The Morgan fingerprint density at radius 1 is 1.07 bits per heavy atom. The molecule has 2 aliphatic rings. The molecule has 0 unspecified atom stereocenters. The summed E-state index contributed by atoms with van der Waals surface area (Å²) >= 11 is 6.26. The minimum Gasteiger partial charge on any atom is -0.454 e. The Balaban J connectivity index is 1.29. The summed E-state index contributed by atoms with van der Waals surface area (Å²) in [7, 11) is 0. The van der Waals surface area contributed by atoms with Gasteiger partial charge >= 0.3 is 0 Å². The second-order valence-electron chi connectivity index (χ2n) is 7.56. The largest absolute Gasteiger partial charge is 0.454 e. The first kappa shape index (κ1) is 18.1. The first-order valence-electron chi connectivity index (χ1n) is 9.69. The van der Waals surface area contributed by atoms with Gasteiger partial charge < -0.3 is 14.8 Å². The van der Waals surface area contributed by atoms with Gasteiger partial charge in [-0.1, -0.05) is 42.4 Å². The predicted molar refractivity (Wildman–Crippen MR) is 115 cm³/mol. The van der Waals surface area contributed by atoms with Gasteiger partial charge in [-0.2, -0.15) is 0 Å². The van der Waals surface area contributed by atoms with Crippen LogP contribution in [0.2, 0.25) is 5.02 Å². The maximum atomic E-state index is 6.26. The fourth-order valence-electron chi connectivity index (χ4n) is 3.82. The summed E-state index contributed by atoms with van der Waals surface area (Å²) in [5.41, 5.74) is 5.12. The van der Waals surface area contributed by atoms with Gasteiger partial charge in [0.25, 0.3) is 0 Å². The monoisotopic (exact) mass is 404 g/mol. The number of pyridine rings is 1. The number of rotatable bonds is 6. The van der Waals surface area contributed by atoms with Crippen molar-refractivity contribution in [2.45, 2.75) is 24.7 Å². The maximum Gasteiger partial charge on any atom is 0.231 e. The maximum absolute atomic E-state index is 6.26. The molecule has 0 atom stereocenters. The van der Waals surface area contributed by atoms with Crippen LogP contribution in [-0.2, 0) is 11.8 Å². The SMILES string of the molecule is C=C(Nc1ccc(Cc2ccccc2Cl)nc1)C1(c2ccc3c(c2)OCO3)CC1. The standard InChI is InChI=1S/C24H21ClN2O2/c1-16(24(10-11-24)18-6-9-22-23(13-18)29-15-28-22)27-20-8-7-19(26-14-20)12-17-4-2-3-5-21(17)25/h2-9,13-14,27H,1,10-12,15H2. The van der Waals surface area contributed by atoms with Crippen molar-refractivity contribution in [3.8, 4) is 11.5 Å². The summed E-state index contributed by atoms with van der Waals surface area (Å²) < 4.78 is 11.0. The molecule has 1 aliphatic carbocycles.